The van der Waals surface area contributed by atoms with E-state index in [1.54, 1.807) is 12.0 Å². The molecule has 7 heteroatoms. The number of amidine groups is 1. The molecule has 2 aliphatic heterocycles. The van der Waals surface area contributed by atoms with Crippen LogP contribution in [0.15, 0.2) is 52.4 Å². The molecule has 4 rings (SSSR count). The maximum atomic E-state index is 13.4. The van der Waals surface area contributed by atoms with Crippen LogP contribution in [0, 0.1) is 0 Å². The molecule has 0 aromatic heterocycles. The van der Waals surface area contributed by atoms with Crippen molar-refractivity contribution < 1.29 is 9.53 Å². The van der Waals surface area contributed by atoms with Gasteiger partial charge in [0, 0.05) is 43.6 Å². The van der Waals surface area contributed by atoms with Crippen LogP contribution in [0.3, 0.4) is 0 Å². The van der Waals surface area contributed by atoms with E-state index in [-0.39, 0.29) is 11.4 Å². The molecule has 0 N–H and O–H groups in total. The third-order valence-corrected chi connectivity index (χ3v) is 7.97. The average Bonchev–Trinajstić information content (AvgIpc) is 3.08. The van der Waals surface area contributed by atoms with Gasteiger partial charge in [-0.15, -0.1) is 0 Å². The molecule has 0 bridgehead atoms. The lowest BCUT2D eigenvalue weighted by atomic mass is 9.80. The molecule has 0 unspecified atom stereocenters. The summed E-state index contributed by atoms with van der Waals surface area (Å²) in [6.45, 7) is 7.92. The Morgan fingerprint density at radius 1 is 1.26 bits per heavy atom. The van der Waals surface area contributed by atoms with E-state index in [1.165, 1.54) is 17.3 Å². The zero-order valence-electron chi connectivity index (χ0n) is 20.5. The molecule has 2 aromatic carbocycles. The largest absolute Gasteiger partial charge is 0.385 e. The van der Waals surface area contributed by atoms with Crippen molar-refractivity contribution in [2.24, 2.45) is 4.99 Å². The first-order valence-electron chi connectivity index (χ1n) is 11.6. The van der Waals surface area contributed by atoms with Gasteiger partial charge in [0.2, 0.25) is 0 Å². The number of thioether (sulfide) groups is 1. The Morgan fingerprint density at radius 2 is 2.00 bits per heavy atom. The molecule has 5 nitrogen and oxygen atoms in total. The minimum absolute atomic E-state index is 0.0455. The Hall–Kier alpha value is -2.28. The van der Waals surface area contributed by atoms with Crippen LogP contribution in [-0.4, -0.2) is 48.8 Å². The minimum atomic E-state index is -0.0455. The van der Waals surface area contributed by atoms with Gasteiger partial charge in [-0.05, 0) is 85.8 Å². The highest BCUT2D eigenvalue weighted by molar-refractivity contribution is 8.18. The first kappa shape index (κ1) is 24.8. The molecule has 1 amide bonds. The van der Waals surface area contributed by atoms with Crippen LogP contribution in [0.4, 0.5) is 11.4 Å². The number of nitrogens with zero attached hydrogens (tertiary/aromatic N) is 3. The second-order valence-corrected chi connectivity index (χ2v) is 11.0. The van der Waals surface area contributed by atoms with Gasteiger partial charge in [0.05, 0.1) is 10.6 Å². The fourth-order valence-electron chi connectivity index (χ4n) is 4.62. The van der Waals surface area contributed by atoms with E-state index >= 15 is 0 Å². The summed E-state index contributed by atoms with van der Waals surface area (Å²) in [5.41, 5.74) is 4.19. The lowest BCUT2D eigenvalue weighted by molar-refractivity contribution is -0.122. The second-order valence-electron chi connectivity index (χ2n) is 9.55. The van der Waals surface area contributed by atoms with Crippen LogP contribution in [0.25, 0.3) is 6.08 Å². The summed E-state index contributed by atoms with van der Waals surface area (Å²) >= 11 is 8.15. The van der Waals surface area contributed by atoms with E-state index in [9.17, 15) is 4.79 Å². The Labute approximate surface area is 211 Å². The number of methoxy groups -OCH3 is 1. The number of benzene rings is 2. The van der Waals surface area contributed by atoms with E-state index in [4.69, 9.17) is 21.3 Å². The lowest BCUT2D eigenvalue weighted by Crippen LogP contribution is -2.45. The fourth-order valence-corrected chi connectivity index (χ4v) is 5.85. The Bertz CT molecular complexity index is 1130. The van der Waals surface area contributed by atoms with Gasteiger partial charge in [-0.1, -0.05) is 36.7 Å². The third-order valence-electron chi connectivity index (χ3n) is 6.64. The van der Waals surface area contributed by atoms with Gasteiger partial charge >= 0.3 is 0 Å². The molecule has 2 aromatic rings. The van der Waals surface area contributed by atoms with Crippen LogP contribution in [0.2, 0.25) is 5.02 Å². The molecule has 2 aliphatic rings. The Kier molecular flexibility index (Phi) is 7.41. The normalized spacial score (nSPS) is 22.1. The molecule has 0 aliphatic carbocycles. The van der Waals surface area contributed by atoms with Crippen molar-refractivity contribution in [2.75, 3.05) is 32.2 Å². The monoisotopic (exact) mass is 497 g/mol. The van der Waals surface area contributed by atoms with Crippen LogP contribution >= 0.6 is 23.4 Å². The molecular formula is C27H32ClN3O2S. The first-order valence-corrected chi connectivity index (χ1v) is 12.8. The predicted octanol–water partition coefficient (Wildman–Crippen LogP) is 6.70. The van der Waals surface area contributed by atoms with E-state index in [2.05, 4.69) is 38.8 Å². The molecule has 0 spiro atoms. The summed E-state index contributed by atoms with van der Waals surface area (Å²) in [5, 5.41) is 1.33. The summed E-state index contributed by atoms with van der Waals surface area (Å²) < 4.78 is 5.19. The second kappa shape index (κ2) is 10.1. The number of ether oxygens (including phenoxy) is 1. The number of para-hydroxylation sites is 1. The van der Waals surface area contributed by atoms with Crippen molar-refractivity contribution in [3.05, 3.63) is 63.5 Å². The number of rotatable bonds is 6. The van der Waals surface area contributed by atoms with Crippen LogP contribution in [0.5, 0.6) is 0 Å². The van der Waals surface area contributed by atoms with E-state index in [1.807, 2.05) is 42.5 Å². The standard InChI is InChI=1S/C27H32ClN3O2S/c1-18-17-27(2,3)30(4)23-16-22(28)19(14-21(18)23)15-24-25(32)31(12-9-13-33-5)26(34-24)29-20-10-7-6-8-11-20/h6-8,10-11,14-16,18H,9,12-13,17H2,1-5H3/b24-15-,29-26?/t18-/m1/s1. The van der Waals surface area contributed by atoms with Crippen molar-refractivity contribution >= 4 is 51.9 Å². The molecule has 34 heavy (non-hydrogen) atoms. The highest BCUT2D eigenvalue weighted by Crippen LogP contribution is 2.45. The summed E-state index contributed by atoms with van der Waals surface area (Å²) in [4.78, 5) is 22.8. The van der Waals surface area contributed by atoms with Gasteiger partial charge < -0.3 is 9.64 Å². The number of carbonyl (C=O) groups excluding carboxylic acids is 1. The third kappa shape index (κ3) is 5.04. The zero-order chi connectivity index (χ0) is 24.5. The lowest BCUT2D eigenvalue weighted by Gasteiger charge is -2.45. The van der Waals surface area contributed by atoms with Crippen LogP contribution < -0.4 is 4.90 Å². The van der Waals surface area contributed by atoms with Gasteiger partial charge in [0.1, 0.15) is 0 Å². The minimum Gasteiger partial charge on any atom is -0.385 e. The van der Waals surface area contributed by atoms with Crippen molar-refractivity contribution in [3.8, 4) is 0 Å². The Morgan fingerprint density at radius 3 is 2.71 bits per heavy atom. The van der Waals surface area contributed by atoms with Crippen LogP contribution in [-0.2, 0) is 9.53 Å². The fraction of sp³-hybridized carbons (Fsp3) is 0.407. The number of hydrogen-bond donors (Lipinski definition) is 0. The van der Waals surface area contributed by atoms with Gasteiger partial charge in [-0.2, -0.15) is 0 Å². The van der Waals surface area contributed by atoms with Crippen molar-refractivity contribution in [2.45, 2.75) is 45.1 Å². The van der Waals surface area contributed by atoms with Crippen molar-refractivity contribution in [1.29, 1.82) is 0 Å². The molecule has 180 valence electrons. The van der Waals surface area contributed by atoms with E-state index in [0.29, 0.717) is 34.2 Å². The van der Waals surface area contributed by atoms with Crippen molar-refractivity contribution in [3.63, 3.8) is 0 Å². The summed E-state index contributed by atoms with van der Waals surface area (Å²) in [6, 6.07) is 13.9. The number of amides is 1. The van der Waals surface area contributed by atoms with Gasteiger partial charge in [0.15, 0.2) is 5.17 Å². The zero-order valence-corrected chi connectivity index (χ0v) is 22.0. The average molecular weight is 498 g/mol. The summed E-state index contributed by atoms with van der Waals surface area (Å²) in [5.74, 6) is 0.360. The Balaban J connectivity index is 1.69. The van der Waals surface area contributed by atoms with E-state index < -0.39 is 0 Å². The summed E-state index contributed by atoms with van der Waals surface area (Å²) in [6.07, 6.45) is 3.71. The molecule has 0 radical (unpaired) electrons. The van der Waals surface area contributed by atoms with Gasteiger partial charge in [0.25, 0.3) is 5.91 Å². The highest BCUT2D eigenvalue weighted by Gasteiger charge is 2.36. The van der Waals surface area contributed by atoms with Gasteiger partial charge in [-0.25, -0.2) is 4.99 Å². The predicted molar refractivity (Wildman–Crippen MR) is 144 cm³/mol. The number of fused-ring (bicyclic) bond motifs is 1. The quantitative estimate of drug-likeness (QED) is 0.329. The summed E-state index contributed by atoms with van der Waals surface area (Å²) in [7, 11) is 3.79. The SMILES string of the molecule is COCCCN1C(=O)/C(=C/c2cc3c(cc2Cl)N(C)C(C)(C)C[C@H]3C)SC1=Nc1ccccc1. The maximum Gasteiger partial charge on any atom is 0.266 e. The molecule has 1 fully saturated rings. The highest BCUT2D eigenvalue weighted by atomic mass is 35.5. The molecular weight excluding hydrogens is 466 g/mol. The molecule has 1 saturated heterocycles. The van der Waals surface area contributed by atoms with Crippen molar-refractivity contribution in [1.82, 2.24) is 4.90 Å². The first-order chi connectivity index (χ1) is 16.2. The maximum absolute atomic E-state index is 13.4. The number of anilines is 1. The number of halogens is 1. The molecule has 0 saturated carbocycles. The van der Waals surface area contributed by atoms with E-state index in [0.717, 1.165) is 29.8 Å². The molecule has 1 atom stereocenters. The number of aliphatic imine (C=N–C) groups is 1. The number of carbonyl (C=O) groups is 1. The topological polar surface area (TPSA) is 45.1 Å². The number of hydrogen-bond acceptors (Lipinski definition) is 5. The molecule has 2 heterocycles. The smallest absolute Gasteiger partial charge is 0.266 e. The van der Waals surface area contributed by atoms with Crippen LogP contribution in [0.1, 0.15) is 50.7 Å². The van der Waals surface area contributed by atoms with Gasteiger partial charge in [-0.3, -0.25) is 9.69 Å².